The number of hydrazine groups is 1. The Morgan fingerprint density at radius 3 is 2.72 bits per heavy atom. The van der Waals surface area contributed by atoms with E-state index in [0.717, 1.165) is 22.8 Å². The van der Waals surface area contributed by atoms with Crippen molar-refractivity contribution < 1.29 is 29.2 Å². The molecule has 0 aromatic heterocycles. The second-order valence-corrected chi connectivity index (χ2v) is 7.97. The lowest BCUT2D eigenvalue weighted by Gasteiger charge is -2.15. The number of amides is 2. The van der Waals surface area contributed by atoms with Gasteiger partial charge in [-0.25, -0.2) is 0 Å². The fraction of sp³-hybridized carbons (Fsp3) is 0.100. The highest BCUT2D eigenvalue weighted by Gasteiger charge is 2.34. The van der Waals surface area contributed by atoms with Crippen LogP contribution in [0.4, 0.5) is 5.69 Å². The molecule has 10 nitrogen and oxygen atoms in total. The number of nitrogens with zero attached hydrogens (tertiary/aromatic N) is 2. The first-order chi connectivity index (χ1) is 15.3. The van der Waals surface area contributed by atoms with Crippen LogP contribution in [0, 0.1) is 10.1 Å². The van der Waals surface area contributed by atoms with Crippen molar-refractivity contribution in [3.8, 4) is 5.75 Å². The number of nitro groups is 1. The molecular formula is C20H15N3O7S2. The average molecular weight is 473 g/mol. The summed E-state index contributed by atoms with van der Waals surface area (Å²) in [6.45, 7) is -0.0413. The molecule has 0 radical (unpaired) electrons. The Bertz CT molecular complexity index is 1150. The summed E-state index contributed by atoms with van der Waals surface area (Å²) in [4.78, 5) is 46.4. The van der Waals surface area contributed by atoms with Gasteiger partial charge in [0.2, 0.25) is 0 Å². The Kier molecular flexibility index (Phi) is 7.18. The number of hydrogen-bond acceptors (Lipinski definition) is 8. The molecule has 0 atom stereocenters. The summed E-state index contributed by atoms with van der Waals surface area (Å²) in [5.41, 5.74) is 2.62. The number of carboxylic acids is 1. The van der Waals surface area contributed by atoms with E-state index in [0.29, 0.717) is 11.3 Å². The normalized spacial score (nSPS) is 14.5. The van der Waals surface area contributed by atoms with E-state index < -0.39 is 22.7 Å². The monoisotopic (exact) mass is 473 g/mol. The maximum atomic E-state index is 12.8. The molecule has 0 saturated carbocycles. The van der Waals surface area contributed by atoms with Crippen molar-refractivity contribution in [3.05, 3.63) is 74.7 Å². The van der Waals surface area contributed by atoms with Gasteiger partial charge < -0.3 is 9.84 Å². The number of non-ortho nitro benzene ring substituents is 1. The number of benzene rings is 2. The van der Waals surface area contributed by atoms with Gasteiger partial charge >= 0.3 is 5.97 Å². The number of carbonyl (C=O) groups excluding carboxylic acids is 2. The molecule has 1 aliphatic rings. The number of nitrogens with one attached hydrogen (secondary N) is 1. The quantitative estimate of drug-likeness (QED) is 0.256. The van der Waals surface area contributed by atoms with Crippen LogP contribution in [0.1, 0.15) is 22.3 Å². The predicted octanol–water partition coefficient (Wildman–Crippen LogP) is 2.99. The summed E-state index contributed by atoms with van der Waals surface area (Å²) in [5.74, 6) is -1.93. The molecule has 1 aliphatic heterocycles. The second kappa shape index (κ2) is 10.0. The van der Waals surface area contributed by atoms with Crippen LogP contribution in [0.2, 0.25) is 0 Å². The lowest BCUT2D eigenvalue weighted by molar-refractivity contribution is -0.384. The molecule has 1 saturated heterocycles. The maximum Gasteiger partial charge on any atom is 0.306 e. The fourth-order valence-corrected chi connectivity index (χ4v) is 3.78. The van der Waals surface area contributed by atoms with Crippen molar-refractivity contribution in [1.29, 1.82) is 0 Å². The summed E-state index contributed by atoms with van der Waals surface area (Å²) >= 11 is 6.14. The molecule has 12 heteroatoms. The van der Waals surface area contributed by atoms with Crippen LogP contribution in [0.5, 0.6) is 5.75 Å². The van der Waals surface area contributed by atoms with Gasteiger partial charge in [0.1, 0.15) is 5.75 Å². The smallest absolute Gasteiger partial charge is 0.306 e. The number of thioether (sulfide) groups is 1. The zero-order valence-electron chi connectivity index (χ0n) is 16.2. The fourth-order valence-electron chi connectivity index (χ4n) is 2.61. The summed E-state index contributed by atoms with van der Waals surface area (Å²) in [7, 11) is 0. The van der Waals surface area contributed by atoms with Gasteiger partial charge in [-0.2, -0.15) is 5.01 Å². The third-order valence-electron chi connectivity index (χ3n) is 4.11. The highest BCUT2D eigenvalue weighted by molar-refractivity contribution is 8.26. The minimum absolute atomic E-state index is 0.00518. The number of rotatable bonds is 8. The van der Waals surface area contributed by atoms with Crippen molar-refractivity contribution in [2.24, 2.45) is 0 Å². The standard InChI is InChI=1S/C20H15N3O7S2/c24-17(25)8-9-30-15-7-2-1-4-12(15)11-16-19(27)22(20(31)32-16)21-18(26)13-5-3-6-14(10-13)23(28)29/h1-7,10-11H,8-9H2,(H,21,26)(H,24,25)/b16-11+. The van der Waals surface area contributed by atoms with Gasteiger partial charge in [-0.05, 0) is 30.4 Å². The summed E-state index contributed by atoms with van der Waals surface area (Å²) in [5, 5.41) is 20.5. The van der Waals surface area contributed by atoms with Crippen molar-refractivity contribution in [3.63, 3.8) is 0 Å². The van der Waals surface area contributed by atoms with Crippen LogP contribution >= 0.6 is 24.0 Å². The number of para-hydroxylation sites is 1. The van der Waals surface area contributed by atoms with Crippen LogP contribution in [0.15, 0.2) is 53.4 Å². The number of carbonyl (C=O) groups is 3. The molecule has 2 aromatic carbocycles. The molecule has 0 bridgehead atoms. The van der Waals surface area contributed by atoms with E-state index in [1.54, 1.807) is 24.3 Å². The zero-order valence-corrected chi connectivity index (χ0v) is 17.9. The summed E-state index contributed by atoms with van der Waals surface area (Å²) in [6, 6.07) is 11.8. The summed E-state index contributed by atoms with van der Waals surface area (Å²) < 4.78 is 5.56. The zero-order chi connectivity index (χ0) is 23.3. The van der Waals surface area contributed by atoms with Crippen LogP contribution in [-0.2, 0) is 9.59 Å². The minimum Gasteiger partial charge on any atom is -0.492 e. The molecular weight excluding hydrogens is 458 g/mol. The second-order valence-electron chi connectivity index (χ2n) is 6.30. The molecule has 2 amide bonds. The lowest BCUT2D eigenvalue weighted by atomic mass is 10.2. The first-order valence-corrected chi connectivity index (χ1v) is 10.3. The molecule has 164 valence electrons. The van der Waals surface area contributed by atoms with Gasteiger partial charge in [0, 0.05) is 23.3 Å². The molecule has 0 aliphatic carbocycles. The predicted molar refractivity (Wildman–Crippen MR) is 120 cm³/mol. The Morgan fingerprint density at radius 1 is 1.25 bits per heavy atom. The topological polar surface area (TPSA) is 139 Å². The van der Waals surface area contributed by atoms with Crippen LogP contribution in [0.25, 0.3) is 6.08 Å². The lowest BCUT2D eigenvalue weighted by Crippen LogP contribution is -2.44. The van der Waals surface area contributed by atoms with Gasteiger partial charge in [0.05, 0.1) is 22.9 Å². The molecule has 2 aromatic rings. The minimum atomic E-state index is -0.997. The number of nitro benzene ring substituents is 1. The Morgan fingerprint density at radius 2 is 2.00 bits per heavy atom. The highest BCUT2D eigenvalue weighted by Crippen LogP contribution is 2.33. The molecule has 1 fully saturated rings. The van der Waals surface area contributed by atoms with Gasteiger partial charge in [0.15, 0.2) is 4.32 Å². The van der Waals surface area contributed by atoms with Gasteiger partial charge in [-0.1, -0.05) is 36.0 Å². The van der Waals surface area contributed by atoms with Crippen molar-refractivity contribution >= 4 is 57.8 Å². The number of hydrogen-bond donors (Lipinski definition) is 2. The van der Waals surface area contributed by atoms with Crippen molar-refractivity contribution in [1.82, 2.24) is 10.4 Å². The summed E-state index contributed by atoms with van der Waals surface area (Å²) in [6.07, 6.45) is 1.34. The first-order valence-electron chi connectivity index (χ1n) is 9.03. The van der Waals surface area contributed by atoms with E-state index in [-0.39, 0.29) is 33.5 Å². The van der Waals surface area contributed by atoms with Crippen LogP contribution < -0.4 is 10.2 Å². The number of ether oxygens (including phenoxy) is 1. The van der Waals surface area contributed by atoms with Crippen molar-refractivity contribution in [2.75, 3.05) is 6.61 Å². The number of aliphatic carboxylic acids is 1. The van der Waals surface area contributed by atoms with E-state index in [2.05, 4.69) is 5.43 Å². The Labute approximate surface area is 191 Å². The third-order valence-corrected chi connectivity index (χ3v) is 5.41. The first kappa shape index (κ1) is 22.9. The molecule has 0 spiro atoms. The molecule has 3 rings (SSSR count). The largest absolute Gasteiger partial charge is 0.492 e. The van der Waals surface area contributed by atoms with Gasteiger partial charge in [-0.15, -0.1) is 0 Å². The molecule has 32 heavy (non-hydrogen) atoms. The van der Waals surface area contributed by atoms with Crippen molar-refractivity contribution in [2.45, 2.75) is 6.42 Å². The molecule has 0 unspecified atom stereocenters. The van der Waals surface area contributed by atoms with Crippen LogP contribution in [0.3, 0.4) is 0 Å². The van der Waals surface area contributed by atoms with Gasteiger partial charge in [-0.3, -0.25) is 29.9 Å². The third kappa shape index (κ3) is 5.47. The SMILES string of the molecule is O=C(O)CCOc1ccccc1/C=C1/SC(=S)N(NC(=O)c2cccc([N+](=O)[O-])c2)C1=O. The number of thiocarbonyl (C=S) groups is 1. The number of carboxylic acid groups (broad SMARTS) is 1. The molecule has 1 heterocycles. The molecule has 2 N–H and O–H groups in total. The van der Waals surface area contributed by atoms with E-state index in [4.69, 9.17) is 22.1 Å². The average Bonchev–Trinajstić information content (AvgIpc) is 3.02. The maximum absolute atomic E-state index is 12.8. The Balaban J connectivity index is 1.76. The Hall–Kier alpha value is -3.77. The van der Waals surface area contributed by atoms with E-state index in [1.165, 1.54) is 24.3 Å². The van der Waals surface area contributed by atoms with E-state index >= 15 is 0 Å². The van der Waals surface area contributed by atoms with E-state index in [1.807, 2.05) is 0 Å². The van der Waals surface area contributed by atoms with Crippen LogP contribution in [-0.4, -0.2) is 43.7 Å². The van der Waals surface area contributed by atoms with E-state index in [9.17, 15) is 24.5 Å². The van der Waals surface area contributed by atoms with Gasteiger partial charge in [0.25, 0.3) is 17.5 Å². The highest BCUT2D eigenvalue weighted by atomic mass is 32.2.